The molecular formula is C11H13ClN4. The summed E-state index contributed by atoms with van der Waals surface area (Å²) in [7, 11) is 0. The summed E-state index contributed by atoms with van der Waals surface area (Å²) >= 11 is 5.72. The van der Waals surface area contributed by atoms with Crippen molar-refractivity contribution in [3.8, 4) is 0 Å². The van der Waals surface area contributed by atoms with Crippen LogP contribution in [0.5, 0.6) is 0 Å². The number of nitrogens with zero attached hydrogens (tertiary/aromatic N) is 3. The summed E-state index contributed by atoms with van der Waals surface area (Å²) in [6.07, 6.45) is 0. The molecule has 0 amide bonds. The topological polar surface area (TPSA) is 50.7 Å². The van der Waals surface area contributed by atoms with Crippen molar-refractivity contribution in [1.29, 1.82) is 0 Å². The smallest absolute Gasteiger partial charge is 0.243 e. The van der Waals surface area contributed by atoms with Crippen molar-refractivity contribution in [3.05, 3.63) is 24.3 Å². The van der Waals surface area contributed by atoms with Crippen LogP contribution in [0.15, 0.2) is 24.3 Å². The quantitative estimate of drug-likeness (QED) is 0.828. The second-order valence-electron chi connectivity index (χ2n) is 3.76. The fourth-order valence-corrected chi connectivity index (χ4v) is 1.39. The molecule has 0 spiro atoms. The van der Waals surface area contributed by atoms with Crippen LogP contribution in [-0.4, -0.2) is 27.6 Å². The van der Waals surface area contributed by atoms with Crippen LogP contribution in [0.3, 0.4) is 0 Å². The standard InChI is InChI=1S/C11H13ClN4/c1-8(6-12)7-13-11-14-9-4-2-3-5-10(9)15-16-11/h2-5,8H,6-7H2,1H3,(H,13,14,16). The normalized spacial score (nSPS) is 12.6. The average molecular weight is 237 g/mol. The number of hydrogen-bond acceptors (Lipinski definition) is 4. The van der Waals surface area contributed by atoms with Crippen molar-refractivity contribution in [2.24, 2.45) is 5.92 Å². The fraction of sp³-hybridized carbons (Fsp3) is 0.364. The van der Waals surface area contributed by atoms with Gasteiger partial charge in [-0.1, -0.05) is 19.1 Å². The van der Waals surface area contributed by atoms with Crippen LogP contribution in [0.2, 0.25) is 0 Å². The highest BCUT2D eigenvalue weighted by Crippen LogP contribution is 2.09. The largest absolute Gasteiger partial charge is 0.353 e. The maximum atomic E-state index is 5.72. The third-order valence-electron chi connectivity index (χ3n) is 2.23. The van der Waals surface area contributed by atoms with Crippen LogP contribution in [-0.2, 0) is 0 Å². The first-order chi connectivity index (χ1) is 7.79. The van der Waals surface area contributed by atoms with E-state index < -0.39 is 0 Å². The van der Waals surface area contributed by atoms with Crippen LogP contribution in [0, 0.1) is 5.92 Å². The third-order valence-corrected chi connectivity index (χ3v) is 2.76. The van der Waals surface area contributed by atoms with Gasteiger partial charge in [0.2, 0.25) is 5.95 Å². The Balaban J connectivity index is 2.13. The zero-order valence-electron chi connectivity index (χ0n) is 9.02. The lowest BCUT2D eigenvalue weighted by Gasteiger charge is -2.08. The molecule has 0 aliphatic carbocycles. The van der Waals surface area contributed by atoms with E-state index in [4.69, 9.17) is 11.6 Å². The molecule has 1 aromatic heterocycles. The lowest BCUT2D eigenvalue weighted by molar-refractivity contribution is 0.691. The lowest BCUT2D eigenvalue weighted by Crippen LogP contribution is -2.14. The van der Waals surface area contributed by atoms with Crippen molar-refractivity contribution in [2.75, 3.05) is 17.7 Å². The number of anilines is 1. The Labute approximate surface area is 99.1 Å². The molecule has 0 aliphatic heterocycles. The first-order valence-electron chi connectivity index (χ1n) is 5.19. The number of nitrogens with one attached hydrogen (secondary N) is 1. The Morgan fingerprint density at radius 3 is 2.75 bits per heavy atom. The summed E-state index contributed by atoms with van der Waals surface area (Å²) in [5.41, 5.74) is 1.65. The van der Waals surface area contributed by atoms with Gasteiger partial charge >= 0.3 is 0 Å². The molecule has 0 fully saturated rings. The van der Waals surface area contributed by atoms with E-state index in [1.165, 1.54) is 0 Å². The zero-order chi connectivity index (χ0) is 11.4. The predicted molar refractivity (Wildman–Crippen MR) is 65.7 cm³/mol. The second kappa shape index (κ2) is 5.07. The molecule has 1 atom stereocenters. The highest BCUT2D eigenvalue weighted by molar-refractivity contribution is 6.18. The number of hydrogen-bond donors (Lipinski definition) is 1. The molecule has 0 aliphatic rings. The number of aromatic nitrogens is 3. The Bertz CT molecular complexity index is 474. The van der Waals surface area contributed by atoms with Gasteiger partial charge in [0.15, 0.2) is 0 Å². The maximum absolute atomic E-state index is 5.72. The molecule has 1 unspecified atom stereocenters. The molecule has 2 rings (SSSR count). The van der Waals surface area contributed by atoms with Crippen molar-refractivity contribution < 1.29 is 0 Å². The second-order valence-corrected chi connectivity index (χ2v) is 4.07. The summed E-state index contributed by atoms with van der Waals surface area (Å²) < 4.78 is 0. The monoisotopic (exact) mass is 236 g/mol. The van der Waals surface area contributed by atoms with Crippen molar-refractivity contribution in [3.63, 3.8) is 0 Å². The summed E-state index contributed by atoms with van der Waals surface area (Å²) in [6, 6.07) is 7.66. The van der Waals surface area contributed by atoms with Crippen molar-refractivity contribution >= 4 is 28.6 Å². The van der Waals surface area contributed by atoms with Gasteiger partial charge in [0.05, 0.1) is 5.52 Å². The molecule has 1 aromatic carbocycles. The van der Waals surface area contributed by atoms with Crippen LogP contribution in [0.1, 0.15) is 6.92 Å². The van der Waals surface area contributed by atoms with Gasteiger partial charge in [-0.3, -0.25) is 0 Å². The Kier molecular flexibility index (Phi) is 3.51. The molecule has 0 saturated carbocycles. The van der Waals surface area contributed by atoms with E-state index in [1.807, 2.05) is 24.3 Å². The number of para-hydroxylation sites is 1. The van der Waals surface area contributed by atoms with E-state index in [1.54, 1.807) is 0 Å². The molecule has 16 heavy (non-hydrogen) atoms. The highest BCUT2D eigenvalue weighted by Gasteiger charge is 2.03. The van der Waals surface area contributed by atoms with Crippen molar-refractivity contribution in [1.82, 2.24) is 15.2 Å². The van der Waals surface area contributed by atoms with Gasteiger partial charge in [-0.05, 0) is 18.1 Å². The minimum Gasteiger partial charge on any atom is -0.353 e. The first kappa shape index (κ1) is 11.1. The van der Waals surface area contributed by atoms with E-state index in [2.05, 4.69) is 27.4 Å². The molecule has 0 saturated heterocycles. The number of alkyl halides is 1. The number of fused-ring (bicyclic) bond motifs is 1. The van der Waals surface area contributed by atoms with Gasteiger partial charge in [-0.15, -0.1) is 21.8 Å². The van der Waals surface area contributed by atoms with Crippen LogP contribution >= 0.6 is 11.6 Å². The van der Waals surface area contributed by atoms with Gasteiger partial charge in [0.1, 0.15) is 5.52 Å². The van der Waals surface area contributed by atoms with Crippen molar-refractivity contribution in [2.45, 2.75) is 6.92 Å². The summed E-state index contributed by atoms with van der Waals surface area (Å²) in [5.74, 6) is 1.56. The van der Waals surface area contributed by atoms with E-state index in [9.17, 15) is 0 Å². The van der Waals surface area contributed by atoms with Gasteiger partial charge in [0.25, 0.3) is 0 Å². The van der Waals surface area contributed by atoms with E-state index in [0.717, 1.165) is 17.6 Å². The number of rotatable bonds is 4. The van der Waals surface area contributed by atoms with Crippen LogP contribution in [0.4, 0.5) is 5.95 Å². The summed E-state index contributed by atoms with van der Waals surface area (Å²) in [4.78, 5) is 4.35. The summed E-state index contributed by atoms with van der Waals surface area (Å²) in [6.45, 7) is 2.82. The van der Waals surface area contributed by atoms with Crippen LogP contribution < -0.4 is 5.32 Å². The average Bonchev–Trinajstić information content (AvgIpc) is 2.35. The minimum absolute atomic E-state index is 0.386. The molecule has 0 bridgehead atoms. The molecule has 84 valence electrons. The van der Waals surface area contributed by atoms with E-state index in [-0.39, 0.29) is 0 Å². The SMILES string of the molecule is CC(CCl)CNc1nnc2ccccc2n1. The Morgan fingerprint density at radius 2 is 2.00 bits per heavy atom. The number of benzene rings is 1. The zero-order valence-corrected chi connectivity index (χ0v) is 9.78. The Morgan fingerprint density at radius 1 is 1.25 bits per heavy atom. The molecule has 1 N–H and O–H groups in total. The molecule has 5 heteroatoms. The van der Waals surface area contributed by atoms with E-state index >= 15 is 0 Å². The Hall–Kier alpha value is -1.42. The first-order valence-corrected chi connectivity index (χ1v) is 5.72. The highest BCUT2D eigenvalue weighted by atomic mass is 35.5. The fourth-order valence-electron chi connectivity index (χ4n) is 1.28. The molecule has 2 aromatic rings. The maximum Gasteiger partial charge on any atom is 0.243 e. The molecule has 1 heterocycles. The molecule has 4 nitrogen and oxygen atoms in total. The van der Waals surface area contributed by atoms with Gasteiger partial charge in [-0.25, -0.2) is 4.98 Å². The van der Waals surface area contributed by atoms with Gasteiger partial charge in [-0.2, -0.15) is 0 Å². The number of halogens is 1. The predicted octanol–water partition coefficient (Wildman–Crippen LogP) is 2.31. The molecule has 0 radical (unpaired) electrons. The van der Waals surface area contributed by atoms with E-state index in [0.29, 0.717) is 17.7 Å². The summed E-state index contributed by atoms with van der Waals surface area (Å²) in [5, 5.41) is 11.2. The third kappa shape index (κ3) is 2.58. The van der Waals surface area contributed by atoms with Crippen LogP contribution in [0.25, 0.3) is 11.0 Å². The molecular weight excluding hydrogens is 224 g/mol. The van der Waals surface area contributed by atoms with Gasteiger partial charge < -0.3 is 5.32 Å². The lowest BCUT2D eigenvalue weighted by atomic mass is 10.2. The minimum atomic E-state index is 0.386. The van der Waals surface area contributed by atoms with Gasteiger partial charge in [0, 0.05) is 12.4 Å².